The molecule has 1 aromatic rings. The molecule has 0 aliphatic carbocycles. The molecule has 0 aromatic carbocycles. The number of rotatable bonds is 6. The average molecular weight is 244 g/mol. The number of ether oxygens (including phenoxy) is 1. The van der Waals surface area contributed by atoms with Crippen LogP contribution in [0.5, 0.6) is 0 Å². The Kier molecular flexibility index (Phi) is 5.84. The summed E-state index contributed by atoms with van der Waals surface area (Å²) in [5.41, 5.74) is 0.773. The quantitative estimate of drug-likeness (QED) is 0.791. The molecule has 0 aliphatic rings. The van der Waals surface area contributed by atoms with Gasteiger partial charge in [0.25, 0.3) is 0 Å². The summed E-state index contributed by atoms with van der Waals surface area (Å²) in [6, 6.07) is 1.61. The second kappa shape index (κ2) is 7.21. The number of urea groups is 1. The number of aliphatic hydroxyl groups excluding tert-OH is 1. The van der Waals surface area contributed by atoms with Gasteiger partial charge in [-0.2, -0.15) is 11.3 Å². The molecule has 0 saturated carbocycles. The first-order valence-corrected chi connectivity index (χ1v) is 5.90. The van der Waals surface area contributed by atoms with Gasteiger partial charge in [-0.25, -0.2) is 4.79 Å². The molecule has 0 saturated heterocycles. The number of anilines is 1. The van der Waals surface area contributed by atoms with Crippen molar-refractivity contribution in [2.45, 2.75) is 0 Å². The zero-order chi connectivity index (χ0) is 11.8. The van der Waals surface area contributed by atoms with Crippen LogP contribution < -0.4 is 5.32 Å². The Hall–Kier alpha value is -1.11. The fourth-order valence-electron chi connectivity index (χ4n) is 1.18. The molecule has 0 fully saturated rings. The highest BCUT2D eigenvalue weighted by Crippen LogP contribution is 2.12. The summed E-state index contributed by atoms with van der Waals surface area (Å²) >= 11 is 1.52. The Bertz CT molecular complexity index is 303. The number of hydrogen-bond donors (Lipinski definition) is 2. The molecule has 2 N–H and O–H groups in total. The lowest BCUT2D eigenvalue weighted by atomic mass is 10.5. The highest BCUT2D eigenvalue weighted by Gasteiger charge is 2.12. The first-order chi connectivity index (χ1) is 7.77. The maximum Gasteiger partial charge on any atom is 0.322 e. The first kappa shape index (κ1) is 13.0. The average Bonchev–Trinajstić information content (AvgIpc) is 2.76. The van der Waals surface area contributed by atoms with Crippen molar-refractivity contribution in [2.75, 3.05) is 38.7 Å². The van der Waals surface area contributed by atoms with E-state index in [1.807, 2.05) is 16.8 Å². The number of carbonyl (C=O) groups is 1. The summed E-state index contributed by atoms with van der Waals surface area (Å²) in [5.74, 6) is 0. The van der Waals surface area contributed by atoms with Crippen molar-refractivity contribution >= 4 is 23.1 Å². The van der Waals surface area contributed by atoms with Crippen molar-refractivity contribution in [3.8, 4) is 0 Å². The minimum atomic E-state index is -0.218. The smallest absolute Gasteiger partial charge is 0.322 e. The van der Waals surface area contributed by atoms with E-state index in [0.29, 0.717) is 19.7 Å². The van der Waals surface area contributed by atoms with Gasteiger partial charge in [-0.3, -0.25) is 0 Å². The predicted octanol–water partition coefficient (Wildman–Crippen LogP) is 1.22. The molecule has 5 nitrogen and oxygen atoms in total. The molecule has 0 spiro atoms. The second-order valence-corrected chi connectivity index (χ2v) is 3.93. The molecule has 1 rings (SSSR count). The lowest BCUT2D eigenvalue weighted by molar-refractivity contribution is 0.142. The first-order valence-electron chi connectivity index (χ1n) is 4.96. The van der Waals surface area contributed by atoms with Crippen LogP contribution in [-0.4, -0.2) is 49.5 Å². The number of carbonyl (C=O) groups excluding carboxylic acids is 1. The summed E-state index contributed by atoms with van der Waals surface area (Å²) in [6.07, 6.45) is 0. The van der Waals surface area contributed by atoms with Gasteiger partial charge in [0.2, 0.25) is 0 Å². The molecule has 1 aromatic heterocycles. The van der Waals surface area contributed by atoms with E-state index in [4.69, 9.17) is 9.84 Å². The van der Waals surface area contributed by atoms with Gasteiger partial charge in [0.05, 0.1) is 18.9 Å². The molecule has 6 heteroatoms. The molecule has 0 radical (unpaired) electrons. The number of amides is 2. The zero-order valence-electron chi connectivity index (χ0n) is 9.18. The maximum absolute atomic E-state index is 11.8. The van der Waals surface area contributed by atoms with E-state index in [1.54, 1.807) is 7.11 Å². The molecule has 0 bridgehead atoms. The van der Waals surface area contributed by atoms with Crippen LogP contribution in [0.25, 0.3) is 0 Å². The molecule has 16 heavy (non-hydrogen) atoms. The number of nitrogens with one attached hydrogen (secondary N) is 1. The summed E-state index contributed by atoms with van der Waals surface area (Å²) in [7, 11) is 1.58. The topological polar surface area (TPSA) is 61.8 Å². The van der Waals surface area contributed by atoms with E-state index in [-0.39, 0.29) is 12.6 Å². The largest absolute Gasteiger partial charge is 0.395 e. The van der Waals surface area contributed by atoms with Gasteiger partial charge in [-0.05, 0) is 11.4 Å². The van der Waals surface area contributed by atoms with Crippen LogP contribution >= 0.6 is 11.3 Å². The van der Waals surface area contributed by atoms with Gasteiger partial charge in [-0.15, -0.1) is 0 Å². The van der Waals surface area contributed by atoms with Crippen molar-refractivity contribution in [2.24, 2.45) is 0 Å². The Labute approximate surface area is 98.6 Å². The fourth-order valence-corrected chi connectivity index (χ4v) is 1.76. The number of hydrogen-bond acceptors (Lipinski definition) is 4. The van der Waals surface area contributed by atoms with E-state index in [9.17, 15) is 4.79 Å². The molecule has 0 unspecified atom stereocenters. The summed E-state index contributed by atoms with van der Waals surface area (Å²) in [4.78, 5) is 13.3. The van der Waals surface area contributed by atoms with E-state index < -0.39 is 0 Å². The number of nitrogens with zero attached hydrogens (tertiary/aromatic N) is 1. The molecule has 90 valence electrons. The second-order valence-electron chi connectivity index (χ2n) is 3.15. The SMILES string of the molecule is COCCN(CCO)C(=O)Nc1ccsc1. The summed E-state index contributed by atoms with van der Waals surface area (Å²) in [6.45, 7) is 1.17. The van der Waals surface area contributed by atoms with Crippen molar-refractivity contribution < 1.29 is 14.6 Å². The van der Waals surface area contributed by atoms with E-state index in [2.05, 4.69) is 5.32 Å². The van der Waals surface area contributed by atoms with Gasteiger partial charge in [0.15, 0.2) is 0 Å². The molecule has 1 heterocycles. The van der Waals surface area contributed by atoms with Crippen molar-refractivity contribution in [1.29, 1.82) is 0 Å². The van der Waals surface area contributed by atoms with Gasteiger partial charge < -0.3 is 20.1 Å². The number of methoxy groups -OCH3 is 1. The summed E-state index contributed by atoms with van der Waals surface area (Å²) in [5, 5.41) is 15.3. The van der Waals surface area contributed by atoms with Gasteiger partial charge >= 0.3 is 6.03 Å². The minimum Gasteiger partial charge on any atom is -0.395 e. The molecular formula is C10H16N2O3S. The predicted molar refractivity (Wildman–Crippen MR) is 63.9 cm³/mol. The molecule has 0 atom stereocenters. The van der Waals surface area contributed by atoms with Gasteiger partial charge in [-0.1, -0.05) is 0 Å². The lowest BCUT2D eigenvalue weighted by Crippen LogP contribution is -2.39. The normalized spacial score (nSPS) is 10.1. The van der Waals surface area contributed by atoms with E-state index >= 15 is 0 Å². The third kappa shape index (κ3) is 4.18. The van der Waals surface area contributed by atoms with Gasteiger partial charge in [0, 0.05) is 25.6 Å². The monoisotopic (exact) mass is 244 g/mol. The number of thiophene rings is 1. The van der Waals surface area contributed by atoms with Crippen LogP contribution in [0.3, 0.4) is 0 Å². The third-order valence-electron chi connectivity index (χ3n) is 1.99. The van der Waals surface area contributed by atoms with Crippen LogP contribution in [-0.2, 0) is 4.74 Å². The van der Waals surface area contributed by atoms with Crippen LogP contribution in [0, 0.1) is 0 Å². The van der Waals surface area contributed by atoms with Crippen molar-refractivity contribution in [3.05, 3.63) is 16.8 Å². The Morgan fingerprint density at radius 2 is 2.44 bits per heavy atom. The van der Waals surface area contributed by atoms with Crippen molar-refractivity contribution in [3.63, 3.8) is 0 Å². The molecular weight excluding hydrogens is 228 g/mol. The highest BCUT2D eigenvalue weighted by atomic mass is 32.1. The summed E-state index contributed by atoms with van der Waals surface area (Å²) < 4.78 is 4.90. The maximum atomic E-state index is 11.8. The van der Waals surface area contributed by atoms with Crippen molar-refractivity contribution in [1.82, 2.24) is 4.90 Å². The van der Waals surface area contributed by atoms with Crippen LogP contribution in [0.2, 0.25) is 0 Å². The van der Waals surface area contributed by atoms with E-state index in [0.717, 1.165) is 5.69 Å². The van der Waals surface area contributed by atoms with E-state index in [1.165, 1.54) is 16.2 Å². The van der Waals surface area contributed by atoms with Crippen LogP contribution in [0.4, 0.5) is 10.5 Å². The highest BCUT2D eigenvalue weighted by molar-refractivity contribution is 7.08. The molecule has 0 aliphatic heterocycles. The minimum absolute atomic E-state index is 0.0548. The Morgan fingerprint density at radius 1 is 1.62 bits per heavy atom. The number of aliphatic hydroxyl groups is 1. The Balaban J connectivity index is 2.46. The zero-order valence-corrected chi connectivity index (χ0v) is 10.00. The fraction of sp³-hybridized carbons (Fsp3) is 0.500. The standard InChI is InChI=1S/C10H16N2O3S/c1-15-6-4-12(3-5-13)10(14)11-9-2-7-16-8-9/h2,7-8,13H,3-6H2,1H3,(H,11,14). The third-order valence-corrected chi connectivity index (χ3v) is 2.68. The lowest BCUT2D eigenvalue weighted by Gasteiger charge is -2.21. The van der Waals surface area contributed by atoms with Crippen LogP contribution in [0.1, 0.15) is 0 Å². The van der Waals surface area contributed by atoms with Crippen LogP contribution in [0.15, 0.2) is 16.8 Å². The molecule has 2 amide bonds. The Morgan fingerprint density at radius 3 is 3.00 bits per heavy atom. The van der Waals surface area contributed by atoms with Gasteiger partial charge in [0.1, 0.15) is 0 Å².